The smallest absolute Gasteiger partial charge is 0.307 e. The fourth-order valence-electron chi connectivity index (χ4n) is 1.80. The normalized spacial score (nSPS) is 13.1. The van der Waals surface area contributed by atoms with Gasteiger partial charge >= 0.3 is 5.97 Å². The van der Waals surface area contributed by atoms with Crippen molar-refractivity contribution in [1.29, 1.82) is 0 Å². The molecule has 6 heteroatoms. The highest BCUT2D eigenvalue weighted by molar-refractivity contribution is 6.31. The minimum absolute atomic E-state index is 0.101. The molecule has 1 atom stereocenters. The van der Waals surface area contributed by atoms with E-state index in [1.54, 1.807) is 0 Å². The lowest BCUT2D eigenvalue weighted by molar-refractivity contribution is -0.384. The number of aliphatic carboxylic acids is 1. The summed E-state index contributed by atoms with van der Waals surface area (Å²) in [5.74, 6) is -1.51. The molecule has 0 aliphatic heterocycles. The molecule has 104 valence electrons. The van der Waals surface area contributed by atoms with Gasteiger partial charge in [-0.15, -0.1) is 0 Å². The highest BCUT2D eigenvalue weighted by Gasteiger charge is 2.31. The van der Waals surface area contributed by atoms with Gasteiger partial charge in [-0.2, -0.15) is 0 Å². The van der Waals surface area contributed by atoms with E-state index in [4.69, 9.17) is 11.6 Å². The van der Waals surface area contributed by atoms with Crippen molar-refractivity contribution in [2.75, 3.05) is 0 Å². The standard InChI is InChI=1S/C13H16ClNO4/c1-13(2,3)10(12(16)17)6-8-4-5-9(15(18)19)7-11(8)14/h4-5,7,10H,6H2,1-3H3,(H,16,17). The van der Waals surface area contributed by atoms with E-state index in [0.717, 1.165) is 0 Å². The second-order valence-corrected chi connectivity index (χ2v) is 5.90. The van der Waals surface area contributed by atoms with Crippen LogP contribution in [-0.2, 0) is 11.2 Å². The topological polar surface area (TPSA) is 80.4 Å². The van der Waals surface area contributed by atoms with Gasteiger partial charge in [0.25, 0.3) is 5.69 Å². The molecule has 5 nitrogen and oxygen atoms in total. The second kappa shape index (κ2) is 5.57. The van der Waals surface area contributed by atoms with Crippen molar-refractivity contribution in [3.8, 4) is 0 Å². The fraction of sp³-hybridized carbons (Fsp3) is 0.462. The van der Waals surface area contributed by atoms with Crippen LogP contribution < -0.4 is 0 Å². The quantitative estimate of drug-likeness (QED) is 0.678. The first kappa shape index (κ1) is 15.4. The van der Waals surface area contributed by atoms with E-state index in [2.05, 4.69) is 0 Å². The number of hydrogen-bond acceptors (Lipinski definition) is 3. The summed E-state index contributed by atoms with van der Waals surface area (Å²) in [5, 5.41) is 20.1. The van der Waals surface area contributed by atoms with Crippen LogP contribution in [0.2, 0.25) is 5.02 Å². The third kappa shape index (κ3) is 3.92. The van der Waals surface area contributed by atoms with Crippen LogP contribution in [-0.4, -0.2) is 16.0 Å². The number of carbonyl (C=O) groups is 1. The van der Waals surface area contributed by atoms with Gasteiger partial charge in [-0.05, 0) is 17.4 Å². The molecule has 1 N–H and O–H groups in total. The minimum Gasteiger partial charge on any atom is -0.481 e. The Labute approximate surface area is 116 Å². The van der Waals surface area contributed by atoms with E-state index >= 15 is 0 Å². The van der Waals surface area contributed by atoms with Gasteiger partial charge in [-0.3, -0.25) is 14.9 Å². The van der Waals surface area contributed by atoms with Crippen LogP contribution >= 0.6 is 11.6 Å². The Balaban J connectivity index is 3.05. The van der Waals surface area contributed by atoms with Gasteiger partial charge in [0.05, 0.1) is 15.9 Å². The second-order valence-electron chi connectivity index (χ2n) is 5.49. The highest BCUT2D eigenvalue weighted by atomic mass is 35.5. The number of nitro groups is 1. The number of nitrogens with zero attached hydrogens (tertiary/aromatic N) is 1. The summed E-state index contributed by atoms with van der Waals surface area (Å²) in [7, 11) is 0. The summed E-state index contributed by atoms with van der Waals surface area (Å²) in [6, 6.07) is 4.10. The number of carboxylic acids is 1. The number of rotatable bonds is 4. The third-order valence-corrected chi connectivity index (χ3v) is 3.37. The van der Waals surface area contributed by atoms with E-state index in [-0.39, 0.29) is 17.1 Å². The number of nitro benzene ring substituents is 1. The maximum atomic E-state index is 11.3. The van der Waals surface area contributed by atoms with Crippen LogP contribution in [0.1, 0.15) is 26.3 Å². The largest absolute Gasteiger partial charge is 0.481 e. The molecule has 0 aliphatic rings. The summed E-state index contributed by atoms with van der Waals surface area (Å²) in [6.07, 6.45) is 0.246. The van der Waals surface area contributed by atoms with E-state index in [1.165, 1.54) is 18.2 Å². The summed E-state index contributed by atoms with van der Waals surface area (Å²) in [4.78, 5) is 21.4. The van der Waals surface area contributed by atoms with Gasteiger partial charge in [-0.25, -0.2) is 0 Å². The summed E-state index contributed by atoms with van der Waals surface area (Å²) >= 11 is 5.97. The van der Waals surface area contributed by atoms with Crippen molar-refractivity contribution in [1.82, 2.24) is 0 Å². The van der Waals surface area contributed by atoms with E-state index < -0.39 is 22.2 Å². The molecule has 1 aromatic rings. The van der Waals surface area contributed by atoms with E-state index in [9.17, 15) is 20.0 Å². The van der Waals surface area contributed by atoms with Crippen LogP contribution in [0.5, 0.6) is 0 Å². The van der Waals surface area contributed by atoms with Crippen molar-refractivity contribution < 1.29 is 14.8 Å². The molecule has 0 aliphatic carbocycles. The minimum atomic E-state index is -0.901. The van der Waals surface area contributed by atoms with Crippen LogP contribution in [0.3, 0.4) is 0 Å². The molecule has 0 spiro atoms. The molecule has 0 fully saturated rings. The molecule has 0 aromatic heterocycles. The maximum Gasteiger partial charge on any atom is 0.307 e. The molecule has 1 aromatic carbocycles. The molecule has 0 saturated heterocycles. The lowest BCUT2D eigenvalue weighted by atomic mass is 9.77. The van der Waals surface area contributed by atoms with Gasteiger partial charge in [0, 0.05) is 12.1 Å². The average Bonchev–Trinajstić information content (AvgIpc) is 2.24. The van der Waals surface area contributed by atoms with Gasteiger partial charge in [0.1, 0.15) is 0 Å². The van der Waals surface area contributed by atoms with Crippen molar-refractivity contribution in [2.24, 2.45) is 11.3 Å². The summed E-state index contributed by atoms with van der Waals surface area (Å²) < 4.78 is 0. The van der Waals surface area contributed by atoms with Gasteiger partial charge in [-0.1, -0.05) is 38.4 Å². The maximum absolute atomic E-state index is 11.3. The van der Waals surface area contributed by atoms with Crippen molar-refractivity contribution in [3.63, 3.8) is 0 Å². The number of carboxylic acid groups (broad SMARTS) is 1. The summed E-state index contributed by atoms with van der Waals surface area (Å²) in [6.45, 7) is 5.52. The van der Waals surface area contributed by atoms with Gasteiger partial charge in [0.15, 0.2) is 0 Å². The number of benzene rings is 1. The number of non-ortho nitro benzene ring substituents is 1. The average molecular weight is 286 g/mol. The fourth-order valence-corrected chi connectivity index (χ4v) is 2.05. The highest BCUT2D eigenvalue weighted by Crippen LogP contribution is 2.32. The Morgan fingerprint density at radius 3 is 2.42 bits per heavy atom. The molecule has 0 bridgehead atoms. The molecule has 0 heterocycles. The lowest BCUT2D eigenvalue weighted by Crippen LogP contribution is -2.30. The van der Waals surface area contributed by atoms with Crippen molar-refractivity contribution in [2.45, 2.75) is 27.2 Å². The van der Waals surface area contributed by atoms with Gasteiger partial charge < -0.3 is 5.11 Å². The SMILES string of the molecule is CC(C)(C)C(Cc1ccc([N+](=O)[O-])cc1Cl)C(=O)O. The first-order valence-corrected chi connectivity index (χ1v) is 6.16. The molecular weight excluding hydrogens is 270 g/mol. The molecule has 0 radical (unpaired) electrons. The molecule has 0 amide bonds. The zero-order chi connectivity index (χ0) is 14.8. The Morgan fingerprint density at radius 2 is 2.05 bits per heavy atom. The molecule has 1 rings (SSSR count). The van der Waals surface area contributed by atoms with E-state index in [1.807, 2.05) is 20.8 Å². The third-order valence-electron chi connectivity index (χ3n) is 3.01. The van der Waals surface area contributed by atoms with Crippen LogP contribution in [0.25, 0.3) is 0 Å². The van der Waals surface area contributed by atoms with Crippen LogP contribution in [0.4, 0.5) is 5.69 Å². The summed E-state index contributed by atoms with van der Waals surface area (Å²) in [5.41, 5.74) is 0.0858. The van der Waals surface area contributed by atoms with Crippen molar-refractivity contribution in [3.05, 3.63) is 38.9 Å². The van der Waals surface area contributed by atoms with Gasteiger partial charge in [0.2, 0.25) is 0 Å². The predicted molar refractivity (Wildman–Crippen MR) is 72.4 cm³/mol. The molecule has 1 unspecified atom stereocenters. The number of hydrogen-bond donors (Lipinski definition) is 1. The zero-order valence-electron chi connectivity index (χ0n) is 11.0. The molecular formula is C13H16ClNO4. The van der Waals surface area contributed by atoms with Crippen LogP contribution in [0.15, 0.2) is 18.2 Å². The van der Waals surface area contributed by atoms with Crippen LogP contribution in [0, 0.1) is 21.4 Å². The number of halogens is 1. The Morgan fingerprint density at radius 1 is 1.47 bits per heavy atom. The monoisotopic (exact) mass is 285 g/mol. The zero-order valence-corrected chi connectivity index (χ0v) is 11.8. The Hall–Kier alpha value is -1.62. The molecule has 0 saturated carbocycles. The predicted octanol–water partition coefficient (Wildman–Crippen LogP) is 3.54. The van der Waals surface area contributed by atoms with Crippen molar-refractivity contribution >= 4 is 23.3 Å². The Bertz CT molecular complexity index is 508. The first-order chi connectivity index (χ1) is 8.62. The Kier molecular flexibility index (Phi) is 4.52. The lowest BCUT2D eigenvalue weighted by Gasteiger charge is -2.27. The molecule has 19 heavy (non-hydrogen) atoms. The van der Waals surface area contributed by atoms with E-state index in [0.29, 0.717) is 5.56 Å². The first-order valence-electron chi connectivity index (χ1n) is 5.78.